The quantitative estimate of drug-likeness (QED) is 0.249. The molecule has 0 radical (unpaired) electrons. The van der Waals surface area contributed by atoms with Gasteiger partial charge in [0.2, 0.25) is 6.29 Å². The molecule has 0 bridgehead atoms. The van der Waals surface area contributed by atoms with Crippen molar-refractivity contribution in [2.45, 2.75) is 55.6 Å². The van der Waals surface area contributed by atoms with Crippen molar-refractivity contribution in [3.63, 3.8) is 0 Å². The van der Waals surface area contributed by atoms with E-state index < -0.39 is 49.3 Å². The maximum atomic E-state index is 10.4. The summed E-state index contributed by atoms with van der Waals surface area (Å²) in [6, 6.07) is 8.83. The summed E-state index contributed by atoms with van der Waals surface area (Å²) in [6.07, 6.45) is -6.60. The topological polar surface area (TPSA) is 168 Å². The number of hydrogen-bond acceptors (Lipinski definition) is 11. The Kier molecular flexibility index (Phi) is 8.75. The van der Waals surface area contributed by atoms with Crippen LogP contribution in [0.15, 0.2) is 30.3 Å². The van der Waals surface area contributed by atoms with Crippen molar-refractivity contribution < 1.29 is 54.3 Å². The molecule has 6 N–H and O–H groups in total. The third-order valence-electron chi connectivity index (χ3n) is 6.80. The van der Waals surface area contributed by atoms with Crippen LogP contribution in [-0.4, -0.2) is 95.4 Å². The summed E-state index contributed by atoms with van der Waals surface area (Å²) in [5, 5.41) is 59.6. The zero-order valence-electron chi connectivity index (χ0n) is 20.7. The molecule has 4 rings (SSSR count). The molecule has 2 heterocycles. The second kappa shape index (κ2) is 11.8. The Morgan fingerprint density at radius 3 is 2.24 bits per heavy atom. The minimum atomic E-state index is -1.59. The zero-order chi connectivity index (χ0) is 26.7. The molecule has 0 unspecified atom stereocenters. The van der Waals surface area contributed by atoms with Gasteiger partial charge in [-0.3, -0.25) is 0 Å². The van der Waals surface area contributed by atoms with Gasteiger partial charge in [-0.25, -0.2) is 0 Å². The standard InChI is InChI=1S/C26H34O11/c1-33-17-6-5-14(10-18(17)35-26-23(32)22(31)21(30)20(12-29)36-26)24-16(11-28)15-8-13(4-3-7-27)9-19(34-2)25(15)37-24/h5-6,8-10,16,20-24,26-32H,3-4,7,11-12H2,1-2H3/t16-,20+,21-,22-,23-,24-,26+/m1/s1. The Labute approximate surface area is 214 Å². The lowest BCUT2D eigenvalue weighted by molar-refractivity contribution is -0.277. The van der Waals surface area contributed by atoms with Crippen LogP contribution in [0.25, 0.3) is 0 Å². The lowest BCUT2D eigenvalue weighted by atomic mass is 9.90. The van der Waals surface area contributed by atoms with Crippen LogP contribution in [0.4, 0.5) is 0 Å². The van der Waals surface area contributed by atoms with Crippen molar-refractivity contribution in [3.05, 3.63) is 47.0 Å². The van der Waals surface area contributed by atoms with E-state index in [0.29, 0.717) is 35.7 Å². The monoisotopic (exact) mass is 522 g/mol. The lowest BCUT2D eigenvalue weighted by Gasteiger charge is -2.39. The van der Waals surface area contributed by atoms with Gasteiger partial charge in [0.15, 0.2) is 23.0 Å². The minimum Gasteiger partial charge on any atom is -0.493 e. The number of hydrogen-bond donors (Lipinski definition) is 6. The van der Waals surface area contributed by atoms with Gasteiger partial charge in [0, 0.05) is 12.2 Å². The second-order valence-corrected chi connectivity index (χ2v) is 9.10. The molecule has 37 heavy (non-hydrogen) atoms. The first-order chi connectivity index (χ1) is 17.9. The third-order valence-corrected chi connectivity index (χ3v) is 6.80. The number of benzene rings is 2. The highest BCUT2D eigenvalue weighted by atomic mass is 16.7. The van der Waals surface area contributed by atoms with Gasteiger partial charge >= 0.3 is 0 Å². The van der Waals surface area contributed by atoms with E-state index >= 15 is 0 Å². The smallest absolute Gasteiger partial charge is 0.229 e. The van der Waals surface area contributed by atoms with E-state index in [1.165, 1.54) is 14.2 Å². The van der Waals surface area contributed by atoms with Crippen LogP contribution in [0.5, 0.6) is 23.0 Å². The van der Waals surface area contributed by atoms with Crippen molar-refractivity contribution in [1.82, 2.24) is 0 Å². The van der Waals surface area contributed by atoms with Crippen molar-refractivity contribution >= 4 is 0 Å². The molecule has 0 spiro atoms. The minimum absolute atomic E-state index is 0.0605. The maximum absolute atomic E-state index is 10.4. The van der Waals surface area contributed by atoms with Gasteiger partial charge in [-0.2, -0.15) is 0 Å². The van der Waals surface area contributed by atoms with E-state index in [0.717, 1.165) is 11.1 Å². The van der Waals surface area contributed by atoms with Gasteiger partial charge in [-0.1, -0.05) is 12.1 Å². The fourth-order valence-electron chi connectivity index (χ4n) is 4.78. The Balaban J connectivity index is 1.64. The highest BCUT2D eigenvalue weighted by molar-refractivity contribution is 5.56. The number of fused-ring (bicyclic) bond motifs is 1. The van der Waals surface area contributed by atoms with Gasteiger partial charge in [0.1, 0.15) is 30.5 Å². The average Bonchev–Trinajstić information content (AvgIpc) is 3.30. The summed E-state index contributed by atoms with van der Waals surface area (Å²) in [4.78, 5) is 0. The molecule has 0 saturated carbocycles. The van der Waals surface area contributed by atoms with Crippen LogP contribution >= 0.6 is 0 Å². The van der Waals surface area contributed by atoms with Crippen LogP contribution < -0.4 is 18.9 Å². The largest absolute Gasteiger partial charge is 0.493 e. The highest BCUT2D eigenvalue weighted by Crippen LogP contribution is 2.51. The molecule has 11 nitrogen and oxygen atoms in total. The Hall–Kier alpha value is -2.64. The molecular formula is C26H34O11. The zero-order valence-corrected chi connectivity index (χ0v) is 20.7. The first kappa shape index (κ1) is 27.4. The Morgan fingerprint density at radius 1 is 0.838 bits per heavy atom. The number of aryl methyl sites for hydroxylation is 1. The molecule has 2 aliphatic rings. The fourth-order valence-corrected chi connectivity index (χ4v) is 4.78. The van der Waals surface area contributed by atoms with Crippen LogP contribution in [0, 0.1) is 0 Å². The molecule has 2 aromatic rings. The van der Waals surface area contributed by atoms with Gasteiger partial charge < -0.3 is 54.3 Å². The normalized spacial score (nSPS) is 28.9. The molecule has 0 aromatic heterocycles. The summed E-state index contributed by atoms with van der Waals surface area (Å²) < 4.78 is 28.5. The summed E-state index contributed by atoms with van der Waals surface area (Å²) in [5.74, 6) is 1.09. The molecule has 1 fully saturated rings. The molecule has 2 aliphatic heterocycles. The van der Waals surface area contributed by atoms with Gasteiger partial charge in [0.05, 0.1) is 33.4 Å². The van der Waals surface area contributed by atoms with E-state index in [-0.39, 0.29) is 19.0 Å². The van der Waals surface area contributed by atoms with Gasteiger partial charge in [-0.05, 0) is 42.2 Å². The second-order valence-electron chi connectivity index (χ2n) is 9.10. The number of methoxy groups -OCH3 is 2. The fraction of sp³-hybridized carbons (Fsp3) is 0.538. The number of ether oxygens (including phenoxy) is 5. The number of rotatable bonds is 10. The first-order valence-electron chi connectivity index (χ1n) is 12.1. The summed E-state index contributed by atoms with van der Waals surface area (Å²) >= 11 is 0. The molecule has 2 aromatic carbocycles. The van der Waals surface area contributed by atoms with E-state index in [1.54, 1.807) is 18.2 Å². The third kappa shape index (κ3) is 5.34. The van der Waals surface area contributed by atoms with Crippen molar-refractivity contribution in [3.8, 4) is 23.0 Å². The molecule has 0 aliphatic carbocycles. The predicted molar refractivity (Wildman–Crippen MR) is 129 cm³/mol. The van der Waals surface area contributed by atoms with Crippen molar-refractivity contribution in [1.29, 1.82) is 0 Å². The molecule has 11 heteroatoms. The Morgan fingerprint density at radius 2 is 1.59 bits per heavy atom. The summed E-state index contributed by atoms with van der Waals surface area (Å²) in [7, 11) is 2.97. The molecule has 1 saturated heterocycles. The number of aliphatic hydroxyl groups excluding tert-OH is 6. The van der Waals surface area contributed by atoms with Crippen molar-refractivity contribution in [2.75, 3.05) is 34.0 Å². The van der Waals surface area contributed by atoms with Crippen LogP contribution in [0.2, 0.25) is 0 Å². The van der Waals surface area contributed by atoms with E-state index in [9.17, 15) is 30.6 Å². The predicted octanol–water partition coefficient (Wildman–Crippen LogP) is 0.0170. The molecule has 204 valence electrons. The van der Waals surface area contributed by atoms with Crippen LogP contribution in [0.3, 0.4) is 0 Å². The highest BCUT2D eigenvalue weighted by Gasteiger charge is 2.45. The van der Waals surface area contributed by atoms with Gasteiger partial charge in [0.25, 0.3) is 0 Å². The Bertz CT molecular complexity index is 1060. The van der Waals surface area contributed by atoms with Crippen LogP contribution in [0.1, 0.15) is 35.1 Å². The van der Waals surface area contributed by atoms with E-state index in [1.807, 2.05) is 12.1 Å². The van der Waals surface area contributed by atoms with Gasteiger partial charge in [-0.15, -0.1) is 0 Å². The van der Waals surface area contributed by atoms with Crippen molar-refractivity contribution in [2.24, 2.45) is 0 Å². The first-order valence-corrected chi connectivity index (χ1v) is 12.1. The summed E-state index contributed by atoms with van der Waals surface area (Å²) in [6.45, 7) is -0.735. The van der Waals surface area contributed by atoms with E-state index in [4.69, 9.17) is 23.7 Å². The summed E-state index contributed by atoms with van der Waals surface area (Å²) in [5.41, 5.74) is 2.37. The molecular weight excluding hydrogens is 488 g/mol. The number of aliphatic hydroxyl groups is 6. The molecule has 7 atom stereocenters. The van der Waals surface area contributed by atoms with Crippen LogP contribution in [-0.2, 0) is 11.2 Å². The maximum Gasteiger partial charge on any atom is 0.229 e. The molecule has 0 amide bonds. The van der Waals surface area contributed by atoms with E-state index in [2.05, 4.69) is 0 Å². The average molecular weight is 523 g/mol. The lowest BCUT2D eigenvalue weighted by Crippen LogP contribution is -2.60. The SMILES string of the molecule is COc1ccc([C@H]2Oc3c(OC)cc(CCCO)cc3[C@H]2CO)cc1O[C@H]1O[C@@H](CO)[C@@H](O)[C@@H](O)[C@H]1O.